The summed E-state index contributed by atoms with van der Waals surface area (Å²) in [7, 11) is 0. The number of ether oxygens (including phenoxy) is 1. The van der Waals surface area contributed by atoms with Crippen LogP contribution >= 0.6 is 11.6 Å². The van der Waals surface area contributed by atoms with Gasteiger partial charge in [-0.3, -0.25) is 0 Å². The molecule has 0 unspecified atom stereocenters. The van der Waals surface area contributed by atoms with Crippen molar-refractivity contribution in [2.24, 2.45) is 0 Å². The Kier molecular flexibility index (Phi) is 6.25. The Hall–Kier alpha value is -3.37. The van der Waals surface area contributed by atoms with E-state index in [4.69, 9.17) is 9.15 Å². The van der Waals surface area contributed by atoms with Gasteiger partial charge in [-0.2, -0.15) is 0 Å². The van der Waals surface area contributed by atoms with E-state index in [1.165, 1.54) is 6.38 Å². The maximum atomic E-state index is 12.3. The predicted molar refractivity (Wildman–Crippen MR) is 111 cm³/mol. The lowest BCUT2D eigenvalue weighted by molar-refractivity contribution is 0.0737. The molecule has 4 rings (SSSR count). The van der Waals surface area contributed by atoms with Crippen LogP contribution in [0.3, 0.4) is 0 Å². The van der Waals surface area contributed by atoms with E-state index in [1.807, 2.05) is 24.3 Å². The van der Waals surface area contributed by atoms with Gasteiger partial charge in [0.25, 0.3) is 0 Å². The fraction of sp³-hybridized carbons (Fsp3) is 0.0435. The number of benzene rings is 3. The minimum atomic E-state index is -0.416. The summed E-state index contributed by atoms with van der Waals surface area (Å²) < 4.78 is 11.5. The Morgan fingerprint density at radius 1 is 0.857 bits per heavy atom. The van der Waals surface area contributed by atoms with E-state index in [0.717, 1.165) is 5.56 Å². The SMILES string of the molecule is CCl.O=C(Oc1cccc2[o+]c(-c3ccc(O)cc3)ccc12)c1ccccc1. The molecule has 1 heterocycles. The minimum absolute atomic E-state index is 0.199. The highest BCUT2D eigenvalue weighted by atomic mass is 35.5. The monoisotopic (exact) mass is 393 g/mol. The van der Waals surface area contributed by atoms with Crippen molar-refractivity contribution in [3.63, 3.8) is 0 Å². The summed E-state index contributed by atoms with van der Waals surface area (Å²) in [6, 6.07) is 24.6. The Labute approximate surface area is 167 Å². The van der Waals surface area contributed by atoms with Crippen LogP contribution in [0, 0.1) is 0 Å². The molecule has 140 valence electrons. The van der Waals surface area contributed by atoms with Crippen LogP contribution < -0.4 is 4.74 Å². The van der Waals surface area contributed by atoms with E-state index >= 15 is 0 Å². The lowest BCUT2D eigenvalue weighted by Gasteiger charge is -2.05. The topological polar surface area (TPSA) is 57.8 Å². The smallest absolute Gasteiger partial charge is 0.364 e. The van der Waals surface area contributed by atoms with Crippen LogP contribution in [-0.4, -0.2) is 17.5 Å². The molecule has 0 aliphatic rings. The molecule has 28 heavy (non-hydrogen) atoms. The third-order valence-corrected chi connectivity index (χ3v) is 4.01. The second-order valence-corrected chi connectivity index (χ2v) is 5.77. The van der Waals surface area contributed by atoms with Crippen LogP contribution in [0.5, 0.6) is 11.5 Å². The van der Waals surface area contributed by atoms with Crippen LogP contribution in [0.1, 0.15) is 10.4 Å². The maximum absolute atomic E-state index is 12.3. The summed E-state index contributed by atoms with van der Waals surface area (Å²) in [5.74, 6) is 0.881. The Morgan fingerprint density at radius 3 is 2.29 bits per heavy atom. The maximum Gasteiger partial charge on any atom is 0.364 e. The van der Waals surface area contributed by atoms with Crippen LogP contribution in [0.15, 0.2) is 89.3 Å². The van der Waals surface area contributed by atoms with E-state index in [-0.39, 0.29) is 5.75 Å². The zero-order valence-corrected chi connectivity index (χ0v) is 15.9. The zero-order chi connectivity index (χ0) is 19.9. The Balaban J connectivity index is 0.00000109. The third kappa shape index (κ3) is 4.30. The first-order chi connectivity index (χ1) is 13.7. The summed E-state index contributed by atoms with van der Waals surface area (Å²) >= 11 is 4.64. The Bertz CT molecular complexity index is 1080. The minimum Gasteiger partial charge on any atom is -0.508 e. The quantitative estimate of drug-likeness (QED) is 0.196. The number of rotatable bonds is 3. The number of halogens is 1. The molecule has 0 atom stereocenters. The number of alkyl halides is 1. The number of phenols is 1. The first-order valence-corrected chi connectivity index (χ1v) is 9.26. The summed E-state index contributed by atoms with van der Waals surface area (Å²) in [4.78, 5) is 12.3. The molecule has 5 heteroatoms. The highest BCUT2D eigenvalue weighted by Crippen LogP contribution is 2.31. The molecular weight excluding hydrogens is 376 g/mol. The Morgan fingerprint density at radius 2 is 1.57 bits per heavy atom. The third-order valence-electron chi connectivity index (χ3n) is 4.01. The molecule has 4 aromatic rings. The number of carbonyl (C=O) groups is 1. The standard InChI is InChI=1S/C22H14O4.CH3Cl/c23-17-11-9-15(10-12-17)19-14-13-18-20(25-19)7-4-8-21(18)26-22(24)16-5-2-1-3-6-16;1-2/h1-14H;1H3/p+1. The molecule has 0 aliphatic carbocycles. The van der Waals surface area contributed by atoms with E-state index < -0.39 is 5.97 Å². The number of esters is 1. The van der Waals surface area contributed by atoms with Gasteiger partial charge < -0.3 is 9.84 Å². The van der Waals surface area contributed by atoms with Crippen molar-refractivity contribution < 1.29 is 19.1 Å². The fourth-order valence-electron chi connectivity index (χ4n) is 2.69. The highest BCUT2D eigenvalue weighted by molar-refractivity contribution is 6.15. The van der Waals surface area contributed by atoms with Crippen LogP contribution in [0.25, 0.3) is 22.3 Å². The van der Waals surface area contributed by atoms with Gasteiger partial charge in [-0.25, -0.2) is 9.21 Å². The molecule has 0 saturated heterocycles. The van der Waals surface area contributed by atoms with Crippen molar-refractivity contribution in [2.75, 3.05) is 6.38 Å². The molecular formula is C23H18ClO4+. The van der Waals surface area contributed by atoms with Gasteiger partial charge in [-0.05, 0) is 54.6 Å². The molecule has 0 spiro atoms. The zero-order valence-electron chi connectivity index (χ0n) is 15.1. The number of hydrogen-bond donors (Lipinski definition) is 1. The van der Waals surface area contributed by atoms with Gasteiger partial charge in [-0.1, -0.05) is 18.2 Å². The van der Waals surface area contributed by atoms with E-state index in [1.54, 1.807) is 60.7 Å². The second kappa shape index (κ2) is 9.02. The first-order valence-electron chi connectivity index (χ1n) is 8.51. The van der Waals surface area contributed by atoms with Crippen molar-refractivity contribution in [3.05, 3.63) is 90.5 Å². The number of aromatic hydroxyl groups is 1. The average Bonchev–Trinajstić information content (AvgIpc) is 2.76. The molecule has 0 fully saturated rings. The van der Waals surface area contributed by atoms with E-state index in [2.05, 4.69) is 11.6 Å². The van der Waals surface area contributed by atoms with Gasteiger partial charge in [0, 0.05) is 18.5 Å². The summed E-state index contributed by atoms with van der Waals surface area (Å²) in [5.41, 5.74) is 1.94. The van der Waals surface area contributed by atoms with E-state index in [0.29, 0.717) is 28.0 Å². The molecule has 0 saturated carbocycles. The van der Waals surface area contributed by atoms with Crippen molar-refractivity contribution in [1.82, 2.24) is 0 Å². The number of phenolic OH excluding ortho intramolecular Hbond substituents is 1. The van der Waals surface area contributed by atoms with Crippen molar-refractivity contribution in [3.8, 4) is 22.8 Å². The number of hydrogen-bond acceptors (Lipinski definition) is 3. The van der Waals surface area contributed by atoms with Crippen LogP contribution in [0.4, 0.5) is 0 Å². The van der Waals surface area contributed by atoms with E-state index in [9.17, 15) is 9.90 Å². The largest absolute Gasteiger partial charge is 0.508 e. The van der Waals surface area contributed by atoms with Gasteiger partial charge in [0.05, 0.1) is 11.1 Å². The van der Waals surface area contributed by atoms with Gasteiger partial charge in [0.1, 0.15) is 16.9 Å². The van der Waals surface area contributed by atoms with Crippen molar-refractivity contribution >= 4 is 28.5 Å². The molecule has 0 amide bonds. The van der Waals surface area contributed by atoms with Crippen LogP contribution in [-0.2, 0) is 0 Å². The first kappa shape index (κ1) is 19.4. The predicted octanol–water partition coefficient (Wildman–Crippen LogP) is 6.16. The normalized spacial score (nSPS) is 10.1. The lowest BCUT2D eigenvalue weighted by atomic mass is 10.1. The fourth-order valence-corrected chi connectivity index (χ4v) is 2.69. The molecule has 4 nitrogen and oxygen atoms in total. The summed E-state index contributed by atoms with van der Waals surface area (Å²) in [5, 5.41) is 10.1. The van der Waals surface area contributed by atoms with Gasteiger partial charge in [-0.15, -0.1) is 11.6 Å². The van der Waals surface area contributed by atoms with Crippen molar-refractivity contribution in [1.29, 1.82) is 0 Å². The van der Waals surface area contributed by atoms with Gasteiger partial charge in [0.15, 0.2) is 0 Å². The van der Waals surface area contributed by atoms with Crippen LogP contribution in [0.2, 0.25) is 0 Å². The molecule has 0 aliphatic heterocycles. The van der Waals surface area contributed by atoms with Gasteiger partial charge >= 0.3 is 17.3 Å². The van der Waals surface area contributed by atoms with Crippen molar-refractivity contribution in [2.45, 2.75) is 0 Å². The lowest BCUT2D eigenvalue weighted by Crippen LogP contribution is -2.08. The summed E-state index contributed by atoms with van der Waals surface area (Å²) in [6.45, 7) is 0. The molecule has 3 aromatic carbocycles. The number of fused-ring (bicyclic) bond motifs is 1. The van der Waals surface area contributed by atoms with Gasteiger partial charge in [0.2, 0.25) is 0 Å². The molecule has 1 aromatic heterocycles. The second-order valence-electron chi connectivity index (χ2n) is 5.77. The summed E-state index contributed by atoms with van der Waals surface area (Å²) in [6.07, 6.45) is 1.47. The number of carbonyl (C=O) groups excluding carboxylic acids is 1. The average molecular weight is 394 g/mol. The molecule has 0 bridgehead atoms. The molecule has 1 N–H and O–H groups in total. The molecule has 0 radical (unpaired) electrons. The highest BCUT2D eigenvalue weighted by Gasteiger charge is 2.19.